The van der Waals surface area contributed by atoms with E-state index in [-0.39, 0.29) is 6.04 Å². The number of hydrogen-bond acceptors (Lipinski definition) is 4. The van der Waals surface area contributed by atoms with Crippen LogP contribution in [0.5, 0.6) is 11.5 Å². The molecule has 1 aromatic rings. The molecule has 24 heavy (non-hydrogen) atoms. The van der Waals surface area contributed by atoms with Crippen molar-refractivity contribution < 1.29 is 24.2 Å². The van der Waals surface area contributed by atoms with Crippen molar-refractivity contribution in [2.45, 2.75) is 50.9 Å². The van der Waals surface area contributed by atoms with Gasteiger partial charge in [-0.25, -0.2) is 4.79 Å². The van der Waals surface area contributed by atoms with Crippen molar-refractivity contribution in [2.75, 3.05) is 6.54 Å². The van der Waals surface area contributed by atoms with Crippen LogP contribution >= 0.6 is 0 Å². The van der Waals surface area contributed by atoms with Crippen LogP contribution in [0.1, 0.15) is 50.6 Å². The van der Waals surface area contributed by atoms with Crippen molar-refractivity contribution >= 4 is 11.9 Å². The van der Waals surface area contributed by atoms with Gasteiger partial charge in [0.1, 0.15) is 0 Å². The normalized spacial score (nSPS) is 27.0. The highest BCUT2D eigenvalue weighted by Crippen LogP contribution is 2.49. The van der Waals surface area contributed by atoms with Crippen LogP contribution < -0.4 is 9.47 Å². The molecule has 1 saturated carbocycles. The molecular formula is C18H21NO5. The lowest BCUT2D eigenvalue weighted by Crippen LogP contribution is -2.45. The third-order valence-electron chi connectivity index (χ3n) is 5.32. The van der Waals surface area contributed by atoms with Crippen LogP contribution in [-0.4, -0.2) is 34.2 Å². The fraction of sp³-hybridized carbons (Fsp3) is 0.556. The standard InChI is InChI=1S/C18H21NO5/c1-11-3-5-13(19(10-11)16(20)17(21)22)12-4-6-14-15(9-12)24-18(23-14)7-2-8-18/h4,6,9,11,13H,2-3,5,7-8,10H2,1H3,(H,21,22). The van der Waals surface area contributed by atoms with Crippen molar-refractivity contribution in [1.82, 2.24) is 4.90 Å². The van der Waals surface area contributed by atoms with Crippen LogP contribution in [0.4, 0.5) is 0 Å². The van der Waals surface area contributed by atoms with E-state index < -0.39 is 17.7 Å². The van der Waals surface area contributed by atoms with Gasteiger partial charge in [-0.05, 0) is 42.9 Å². The van der Waals surface area contributed by atoms with E-state index in [1.807, 2.05) is 25.1 Å². The number of carbonyl (C=O) groups excluding carboxylic acids is 1. The largest absolute Gasteiger partial charge is 0.474 e. The molecule has 4 rings (SSSR count). The van der Waals surface area contributed by atoms with Crippen LogP contribution in [0.25, 0.3) is 0 Å². The fourth-order valence-corrected chi connectivity index (χ4v) is 3.83. The molecule has 2 aliphatic heterocycles. The number of benzene rings is 1. The molecule has 0 aromatic heterocycles. The quantitative estimate of drug-likeness (QED) is 0.801. The van der Waals surface area contributed by atoms with Gasteiger partial charge in [-0.3, -0.25) is 4.79 Å². The van der Waals surface area contributed by atoms with Gasteiger partial charge in [0.25, 0.3) is 5.79 Å². The Morgan fingerprint density at radius 3 is 2.62 bits per heavy atom. The Kier molecular flexibility index (Phi) is 3.44. The highest BCUT2D eigenvalue weighted by atomic mass is 16.7. The van der Waals surface area contributed by atoms with Gasteiger partial charge in [-0.15, -0.1) is 0 Å². The molecule has 1 amide bonds. The summed E-state index contributed by atoms with van der Waals surface area (Å²) in [5, 5.41) is 9.11. The zero-order chi connectivity index (χ0) is 16.9. The smallest absolute Gasteiger partial charge is 0.394 e. The highest BCUT2D eigenvalue weighted by Gasteiger charge is 2.47. The van der Waals surface area contributed by atoms with Gasteiger partial charge in [-0.1, -0.05) is 13.0 Å². The minimum absolute atomic E-state index is 0.225. The Hall–Kier alpha value is -2.24. The molecule has 2 fully saturated rings. The first-order valence-electron chi connectivity index (χ1n) is 8.53. The second-order valence-corrected chi connectivity index (χ2v) is 7.14. The second-order valence-electron chi connectivity index (χ2n) is 7.14. The lowest BCUT2D eigenvalue weighted by molar-refractivity contribution is -0.158. The van der Waals surface area contributed by atoms with E-state index in [0.29, 0.717) is 18.2 Å². The van der Waals surface area contributed by atoms with Crippen LogP contribution in [0.15, 0.2) is 18.2 Å². The average molecular weight is 331 g/mol. The van der Waals surface area contributed by atoms with E-state index in [1.165, 1.54) is 4.90 Å². The molecule has 2 unspecified atom stereocenters. The number of ether oxygens (including phenoxy) is 2. The van der Waals surface area contributed by atoms with E-state index in [0.717, 1.165) is 43.4 Å². The Labute approximate surface area is 140 Å². The van der Waals surface area contributed by atoms with Gasteiger partial charge in [0.05, 0.1) is 6.04 Å². The first kappa shape index (κ1) is 15.3. The zero-order valence-corrected chi connectivity index (χ0v) is 13.7. The lowest BCUT2D eigenvalue weighted by Gasteiger charge is -2.38. The van der Waals surface area contributed by atoms with Crippen LogP contribution in [0, 0.1) is 5.92 Å². The maximum absolute atomic E-state index is 12.1. The summed E-state index contributed by atoms with van der Waals surface area (Å²) in [5.74, 6) is -0.981. The summed E-state index contributed by atoms with van der Waals surface area (Å²) in [4.78, 5) is 24.7. The number of carbonyl (C=O) groups is 2. The van der Waals surface area contributed by atoms with Gasteiger partial charge in [0.2, 0.25) is 0 Å². The summed E-state index contributed by atoms with van der Waals surface area (Å²) in [5.41, 5.74) is 0.912. The minimum atomic E-state index is -1.40. The average Bonchev–Trinajstić information content (AvgIpc) is 2.93. The molecule has 2 heterocycles. The van der Waals surface area contributed by atoms with Gasteiger partial charge >= 0.3 is 11.9 Å². The number of piperidine rings is 1. The number of carboxylic acids is 1. The summed E-state index contributed by atoms with van der Waals surface area (Å²) in [6.45, 7) is 2.51. The molecule has 6 heteroatoms. The monoisotopic (exact) mass is 331 g/mol. The van der Waals surface area contributed by atoms with Gasteiger partial charge in [0, 0.05) is 19.4 Å². The van der Waals surface area contributed by atoms with Crippen molar-refractivity contribution in [1.29, 1.82) is 0 Å². The predicted octanol–water partition coefficient (Wildman–Crippen LogP) is 2.72. The summed E-state index contributed by atoms with van der Waals surface area (Å²) in [6, 6.07) is 5.48. The number of rotatable bonds is 1. The van der Waals surface area contributed by atoms with Crippen molar-refractivity contribution in [3.8, 4) is 11.5 Å². The fourth-order valence-electron chi connectivity index (χ4n) is 3.83. The molecule has 1 spiro atoms. The number of hydrogen-bond donors (Lipinski definition) is 1. The minimum Gasteiger partial charge on any atom is -0.474 e. The summed E-state index contributed by atoms with van der Waals surface area (Å²) >= 11 is 0. The molecule has 1 aromatic carbocycles. The van der Waals surface area contributed by atoms with E-state index >= 15 is 0 Å². The third-order valence-corrected chi connectivity index (χ3v) is 5.32. The second kappa shape index (κ2) is 5.40. The topological polar surface area (TPSA) is 76.1 Å². The summed E-state index contributed by atoms with van der Waals surface area (Å²) in [6.07, 6.45) is 4.60. The Morgan fingerprint density at radius 2 is 1.96 bits per heavy atom. The molecule has 6 nitrogen and oxygen atoms in total. The molecule has 128 valence electrons. The van der Waals surface area contributed by atoms with E-state index in [2.05, 4.69) is 0 Å². The number of likely N-dealkylation sites (tertiary alicyclic amines) is 1. The maximum Gasteiger partial charge on any atom is 0.394 e. The lowest BCUT2D eigenvalue weighted by atomic mass is 9.89. The van der Waals surface area contributed by atoms with Crippen molar-refractivity contribution in [3.05, 3.63) is 23.8 Å². The molecule has 1 aliphatic carbocycles. The highest BCUT2D eigenvalue weighted by molar-refractivity contribution is 6.31. The van der Waals surface area contributed by atoms with Crippen molar-refractivity contribution in [2.24, 2.45) is 5.92 Å². The molecule has 0 bridgehead atoms. The predicted molar refractivity (Wildman–Crippen MR) is 84.8 cm³/mol. The van der Waals surface area contributed by atoms with E-state index in [9.17, 15) is 9.59 Å². The van der Waals surface area contributed by atoms with Crippen LogP contribution in [0.2, 0.25) is 0 Å². The maximum atomic E-state index is 12.1. The SMILES string of the molecule is CC1CCC(c2ccc3c(c2)OC2(CCC2)O3)N(C(=O)C(=O)O)C1. The molecule has 1 saturated heterocycles. The molecular weight excluding hydrogens is 310 g/mol. The van der Waals surface area contributed by atoms with Crippen LogP contribution in [-0.2, 0) is 9.59 Å². The van der Waals surface area contributed by atoms with Gasteiger partial charge in [0.15, 0.2) is 11.5 Å². The van der Waals surface area contributed by atoms with E-state index in [1.54, 1.807) is 0 Å². The third kappa shape index (κ3) is 2.41. The van der Waals surface area contributed by atoms with Crippen molar-refractivity contribution in [3.63, 3.8) is 0 Å². The number of fused-ring (bicyclic) bond motifs is 1. The number of nitrogens with zero attached hydrogens (tertiary/aromatic N) is 1. The van der Waals surface area contributed by atoms with E-state index in [4.69, 9.17) is 14.6 Å². The first-order valence-corrected chi connectivity index (χ1v) is 8.53. The molecule has 2 atom stereocenters. The van der Waals surface area contributed by atoms with Gasteiger partial charge in [-0.2, -0.15) is 0 Å². The summed E-state index contributed by atoms with van der Waals surface area (Å²) < 4.78 is 11.9. The molecule has 0 radical (unpaired) electrons. The number of amides is 1. The Bertz CT molecular complexity index is 697. The number of aliphatic carboxylic acids is 1. The number of carboxylic acid groups (broad SMARTS) is 1. The molecule has 1 N–H and O–H groups in total. The first-order chi connectivity index (χ1) is 11.5. The van der Waals surface area contributed by atoms with Crippen LogP contribution in [0.3, 0.4) is 0 Å². The Morgan fingerprint density at radius 1 is 1.21 bits per heavy atom. The molecule has 3 aliphatic rings. The van der Waals surface area contributed by atoms with Gasteiger partial charge < -0.3 is 19.5 Å². The summed E-state index contributed by atoms with van der Waals surface area (Å²) in [7, 11) is 0. The zero-order valence-electron chi connectivity index (χ0n) is 13.7. The Balaban J connectivity index is 1.61.